The van der Waals surface area contributed by atoms with E-state index in [0.29, 0.717) is 12.3 Å². The van der Waals surface area contributed by atoms with Gasteiger partial charge in [0.05, 0.1) is 23.7 Å². The van der Waals surface area contributed by atoms with Gasteiger partial charge in [0.25, 0.3) is 0 Å². The summed E-state index contributed by atoms with van der Waals surface area (Å²) in [6, 6.07) is 0. The second kappa shape index (κ2) is 20.2. The molecule has 8 heteroatoms. The average molecular weight is 475 g/mol. The van der Waals surface area contributed by atoms with Crippen molar-refractivity contribution in [3.63, 3.8) is 0 Å². The lowest BCUT2D eigenvalue weighted by molar-refractivity contribution is -0.143. The first-order valence-electron chi connectivity index (χ1n) is 11.7. The van der Waals surface area contributed by atoms with Gasteiger partial charge in [0.1, 0.15) is 0 Å². The highest BCUT2D eigenvalue weighted by molar-refractivity contribution is 5.70. The lowest BCUT2D eigenvalue weighted by atomic mass is 9.99. The van der Waals surface area contributed by atoms with E-state index in [1.165, 1.54) is 0 Å². The van der Waals surface area contributed by atoms with E-state index in [1.807, 2.05) is 13.8 Å². The summed E-state index contributed by atoms with van der Waals surface area (Å²) in [5, 5.41) is 33.4. The molecule has 0 aromatic heterocycles. The van der Waals surface area contributed by atoms with Crippen LogP contribution >= 0.6 is 0 Å². The van der Waals surface area contributed by atoms with Gasteiger partial charge in [-0.1, -0.05) is 67.4 Å². The fraction of sp³-hybridized carbons (Fsp3) is 0.760. The van der Waals surface area contributed by atoms with Crippen LogP contribution in [-0.2, 0) is 19.2 Å². The summed E-state index contributed by atoms with van der Waals surface area (Å²) in [5.74, 6) is -2.82. The normalized spacial score (nSPS) is 15.5. The van der Waals surface area contributed by atoms with Crippen molar-refractivity contribution in [2.75, 3.05) is 0 Å². The molecule has 194 valence electrons. The second-order valence-corrected chi connectivity index (χ2v) is 8.98. The Balaban J connectivity index is -0.000000364. The molecular weight excluding hydrogens is 428 g/mol. The molecule has 0 radical (unpaired) electrons. The molecule has 1 aliphatic rings. The highest BCUT2D eigenvalue weighted by Crippen LogP contribution is 2.36. The molecule has 0 aliphatic heterocycles. The third kappa shape index (κ3) is 22.6. The third-order valence-electron chi connectivity index (χ3n) is 5.46. The molecule has 0 heterocycles. The Hall–Kier alpha value is -2.38. The molecule has 33 heavy (non-hydrogen) atoms. The number of rotatable bonds is 11. The van der Waals surface area contributed by atoms with Crippen molar-refractivity contribution in [1.29, 1.82) is 0 Å². The quantitative estimate of drug-likeness (QED) is 0.280. The maximum absolute atomic E-state index is 10.2. The molecule has 1 rings (SSSR count). The van der Waals surface area contributed by atoms with Gasteiger partial charge in [-0.25, -0.2) is 0 Å². The van der Waals surface area contributed by atoms with Gasteiger partial charge in [-0.15, -0.1) is 6.58 Å². The van der Waals surface area contributed by atoms with Crippen LogP contribution in [0.5, 0.6) is 0 Å². The lowest BCUT2D eigenvalue weighted by Gasteiger charge is -2.07. The Morgan fingerprint density at radius 2 is 1.27 bits per heavy atom. The van der Waals surface area contributed by atoms with Crippen LogP contribution in [0.2, 0.25) is 0 Å². The van der Waals surface area contributed by atoms with Crippen molar-refractivity contribution >= 4 is 23.9 Å². The Morgan fingerprint density at radius 3 is 1.42 bits per heavy atom. The number of carboxylic acids is 4. The molecule has 0 spiro atoms. The highest BCUT2D eigenvalue weighted by atomic mass is 16.4. The Bertz CT molecular complexity index is 563. The number of aliphatic carboxylic acids is 4. The van der Waals surface area contributed by atoms with Crippen molar-refractivity contribution in [1.82, 2.24) is 0 Å². The summed E-state index contributed by atoms with van der Waals surface area (Å²) in [7, 11) is 0. The summed E-state index contributed by atoms with van der Waals surface area (Å²) in [6.45, 7) is 16.2. The van der Waals surface area contributed by atoms with E-state index in [-0.39, 0.29) is 29.6 Å². The molecule has 4 N–H and O–H groups in total. The van der Waals surface area contributed by atoms with E-state index in [4.69, 9.17) is 20.4 Å². The van der Waals surface area contributed by atoms with Gasteiger partial charge in [-0.2, -0.15) is 0 Å². The Morgan fingerprint density at radius 1 is 0.818 bits per heavy atom. The van der Waals surface area contributed by atoms with Crippen LogP contribution in [0.25, 0.3) is 0 Å². The van der Waals surface area contributed by atoms with Crippen molar-refractivity contribution < 1.29 is 39.6 Å². The number of carbonyl (C=O) groups is 4. The van der Waals surface area contributed by atoms with Crippen molar-refractivity contribution in [3.8, 4) is 0 Å². The molecule has 0 aromatic rings. The molecule has 0 amide bonds. The van der Waals surface area contributed by atoms with Gasteiger partial charge < -0.3 is 20.4 Å². The summed E-state index contributed by atoms with van der Waals surface area (Å²) in [5.41, 5.74) is 0. The van der Waals surface area contributed by atoms with Crippen molar-refractivity contribution in [3.05, 3.63) is 12.7 Å². The first kappa shape index (κ1) is 35.2. The van der Waals surface area contributed by atoms with Crippen molar-refractivity contribution in [2.24, 2.45) is 35.5 Å². The van der Waals surface area contributed by atoms with Gasteiger partial charge in [0, 0.05) is 0 Å². The number of unbranched alkanes of at least 4 members (excludes halogenated alkanes) is 1. The summed E-state index contributed by atoms with van der Waals surface area (Å²) < 4.78 is 0. The fourth-order valence-electron chi connectivity index (χ4n) is 2.07. The fourth-order valence-corrected chi connectivity index (χ4v) is 2.07. The predicted molar refractivity (Wildman–Crippen MR) is 129 cm³/mol. The topological polar surface area (TPSA) is 149 Å². The zero-order valence-electron chi connectivity index (χ0n) is 21.4. The molecule has 0 aromatic carbocycles. The van der Waals surface area contributed by atoms with Crippen LogP contribution in [-0.4, -0.2) is 44.3 Å². The minimum atomic E-state index is -0.759. The number of hydrogen-bond donors (Lipinski definition) is 4. The first-order chi connectivity index (χ1) is 15.1. The molecule has 1 aliphatic carbocycles. The first-order valence-corrected chi connectivity index (χ1v) is 11.7. The van der Waals surface area contributed by atoms with E-state index in [9.17, 15) is 19.2 Å². The van der Waals surface area contributed by atoms with E-state index in [2.05, 4.69) is 13.5 Å². The SMILES string of the molecule is C=CCC(C)C(=O)O.CC(C(=O)O)C1CC1.CC(C)C(C)C(=O)O.CCCCC(C)C(=O)O. The van der Waals surface area contributed by atoms with E-state index < -0.39 is 23.9 Å². The number of carboxylic acid groups (broad SMARTS) is 4. The van der Waals surface area contributed by atoms with Crippen LogP contribution < -0.4 is 0 Å². The molecular formula is C25H46O8. The van der Waals surface area contributed by atoms with Gasteiger partial charge in [-0.3, -0.25) is 19.2 Å². The molecule has 0 saturated heterocycles. The minimum Gasteiger partial charge on any atom is -0.481 e. The number of allylic oxidation sites excluding steroid dienone is 1. The van der Waals surface area contributed by atoms with E-state index in [1.54, 1.807) is 33.8 Å². The lowest BCUT2D eigenvalue weighted by Crippen LogP contribution is -2.15. The van der Waals surface area contributed by atoms with Crippen LogP contribution in [0.1, 0.15) is 87.0 Å². The van der Waals surface area contributed by atoms with E-state index >= 15 is 0 Å². The minimum absolute atomic E-state index is 0.102. The smallest absolute Gasteiger partial charge is 0.306 e. The predicted octanol–water partition coefficient (Wildman–Crippen LogP) is 5.66. The van der Waals surface area contributed by atoms with E-state index in [0.717, 1.165) is 32.1 Å². The van der Waals surface area contributed by atoms with Crippen LogP contribution in [0.15, 0.2) is 12.7 Å². The van der Waals surface area contributed by atoms with Gasteiger partial charge in [0.2, 0.25) is 0 Å². The van der Waals surface area contributed by atoms with Gasteiger partial charge in [-0.05, 0) is 37.5 Å². The standard InChI is InChI=1S/C7H14O2.C6H10O2.C6H12O2.C6H10O2/c1-3-4-5-6(2)7(8)9;1-4(6(7)8)5-2-3-5;1-4(2)5(3)6(7)8;1-3-4-5(2)6(7)8/h6H,3-5H2,1-2H3,(H,8,9);4-5H,2-3H2,1H3,(H,7,8);4-5H,1-3H3,(H,7,8);3,5H,1,4H2,2H3,(H,7,8). The average Bonchev–Trinajstić information content (AvgIpc) is 3.57. The summed E-state index contributed by atoms with van der Waals surface area (Å²) >= 11 is 0. The molecule has 4 atom stereocenters. The maximum atomic E-state index is 10.2. The molecule has 1 saturated carbocycles. The maximum Gasteiger partial charge on any atom is 0.306 e. The molecule has 0 bridgehead atoms. The number of hydrogen-bond acceptors (Lipinski definition) is 4. The highest BCUT2D eigenvalue weighted by Gasteiger charge is 2.32. The van der Waals surface area contributed by atoms with Gasteiger partial charge in [0.15, 0.2) is 0 Å². The Labute approximate surface area is 199 Å². The van der Waals surface area contributed by atoms with Gasteiger partial charge >= 0.3 is 23.9 Å². The molecule has 8 nitrogen and oxygen atoms in total. The summed E-state index contributed by atoms with van der Waals surface area (Å²) in [6.07, 6.45) is 7.31. The zero-order chi connectivity index (χ0) is 26.7. The van der Waals surface area contributed by atoms with Crippen LogP contribution in [0.4, 0.5) is 0 Å². The molecule has 1 fully saturated rings. The van der Waals surface area contributed by atoms with Crippen LogP contribution in [0, 0.1) is 35.5 Å². The van der Waals surface area contributed by atoms with Crippen LogP contribution in [0.3, 0.4) is 0 Å². The zero-order valence-corrected chi connectivity index (χ0v) is 21.4. The summed E-state index contributed by atoms with van der Waals surface area (Å²) in [4.78, 5) is 40.6. The van der Waals surface area contributed by atoms with Crippen molar-refractivity contribution in [2.45, 2.75) is 87.0 Å². The Kier molecular flexibility index (Phi) is 21.6. The third-order valence-corrected chi connectivity index (χ3v) is 5.46. The monoisotopic (exact) mass is 474 g/mol. The molecule has 4 unspecified atom stereocenters. The largest absolute Gasteiger partial charge is 0.481 e. The second-order valence-electron chi connectivity index (χ2n) is 8.98.